The third-order valence-electron chi connectivity index (χ3n) is 1.41. The Kier molecular flexibility index (Phi) is 7.35. The summed E-state index contributed by atoms with van der Waals surface area (Å²) in [7, 11) is 5.00. The number of amides is 1. The number of hydrogen-bond acceptors (Lipinski definition) is 5. The van der Waals surface area contributed by atoms with Crippen LogP contribution in [0.15, 0.2) is 22.4 Å². The highest BCUT2D eigenvalue weighted by atomic mass is 32.2. The van der Waals surface area contributed by atoms with E-state index in [-0.39, 0.29) is 5.91 Å². The maximum Gasteiger partial charge on any atom is 0.276 e. The molecule has 0 aromatic heterocycles. The zero-order valence-corrected chi connectivity index (χ0v) is 10.2. The van der Waals surface area contributed by atoms with Crippen LogP contribution in [-0.2, 0) is 4.79 Å². The fourth-order valence-corrected chi connectivity index (χ4v) is 1.28. The van der Waals surface area contributed by atoms with E-state index in [1.54, 1.807) is 27.3 Å². The predicted octanol–water partition coefficient (Wildman–Crippen LogP) is 0.603. The molecule has 0 radical (unpaired) electrons. The van der Waals surface area contributed by atoms with Crippen molar-refractivity contribution in [1.29, 1.82) is 0 Å². The van der Waals surface area contributed by atoms with Gasteiger partial charge in [-0.3, -0.25) is 9.79 Å². The van der Waals surface area contributed by atoms with E-state index in [0.29, 0.717) is 5.04 Å². The summed E-state index contributed by atoms with van der Waals surface area (Å²) >= 11 is 1.24. The van der Waals surface area contributed by atoms with Crippen LogP contribution in [0, 0.1) is 0 Å². The SMILES string of the molecule is CN=C(C)SC(=N/C=C/NC)C(=O)NC. The number of hydrogen-bond donors (Lipinski definition) is 2. The normalized spacial score (nSPS) is 13.1. The van der Waals surface area contributed by atoms with Gasteiger partial charge in [0.25, 0.3) is 5.91 Å². The zero-order chi connectivity index (χ0) is 11.7. The lowest BCUT2D eigenvalue weighted by molar-refractivity contribution is -0.114. The lowest BCUT2D eigenvalue weighted by atomic mass is 10.6. The summed E-state index contributed by atoms with van der Waals surface area (Å²) < 4.78 is 0. The molecule has 0 aliphatic carbocycles. The largest absolute Gasteiger partial charge is 0.393 e. The molecule has 0 rings (SSSR count). The molecule has 0 saturated heterocycles. The minimum atomic E-state index is -0.219. The maximum absolute atomic E-state index is 11.4. The molecule has 1 amide bonds. The molecule has 6 heteroatoms. The minimum absolute atomic E-state index is 0.219. The average molecular weight is 228 g/mol. The van der Waals surface area contributed by atoms with Gasteiger partial charge in [-0.1, -0.05) is 0 Å². The molecule has 0 atom stereocenters. The lowest BCUT2D eigenvalue weighted by Crippen LogP contribution is -2.26. The summed E-state index contributed by atoms with van der Waals surface area (Å²) in [6.45, 7) is 1.82. The van der Waals surface area contributed by atoms with Crippen LogP contribution in [-0.4, -0.2) is 37.1 Å². The van der Waals surface area contributed by atoms with Crippen molar-refractivity contribution >= 4 is 27.8 Å². The van der Waals surface area contributed by atoms with Gasteiger partial charge in [-0.15, -0.1) is 0 Å². The van der Waals surface area contributed by atoms with Crippen LogP contribution in [0.4, 0.5) is 0 Å². The highest BCUT2D eigenvalue weighted by Gasteiger charge is 2.10. The molecule has 0 aromatic carbocycles. The molecular weight excluding hydrogens is 212 g/mol. The van der Waals surface area contributed by atoms with Gasteiger partial charge in [0.2, 0.25) is 0 Å². The fraction of sp³-hybridized carbons (Fsp3) is 0.444. The van der Waals surface area contributed by atoms with Crippen LogP contribution in [0.5, 0.6) is 0 Å². The van der Waals surface area contributed by atoms with E-state index in [1.165, 1.54) is 18.0 Å². The molecule has 0 aliphatic rings. The first kappa shape index (κ1) is 13.7. The Morgan fingerprint density at radius 2 is 2.07 bits per heavy atom. The van der Waals surface area contributed by atoms with Gasteiger partial charge in [0, 0.05) is 33.5 Å². The number of carbonyl (C=O) groups is 1. The maximum atomic E-state index is 11.4. The molecule has 0 fully saturated rings. The van der Waals surface area contributed by atoms with Crippen LogP contribution in [0.1, 0.15) is 6.92 Å². The van der Waals surface area contributed by atoms with E-state index in [9.17, 15) is 4.79 Å². The van der Waals surface area contributed by atoms with Gasteiger partial charge in [0.1, 0.15) is 0 Å². The van der Waals surface area contributed by atoms with Gasteiger partial charge in [-0.2, -0.15) is 0 Å². The average Bonchev–Trinajstić information content (AvgIpc) is 2.26. The summed E-state index contributed by atoms with van der Waals surface area (Å²) in [5.41, 5.74) is 0. The Morgan fingerprint density at radius 3 is 2.53 bits per heavy atom. The van der Waals surface area contributed by atoms with Crippen molar-refractivity contribution < 1.29 is 4.79 Å². The number of nitrogens with one attached hydrogen (secondary N) is 2. The Hall–Kier alpha value is -1.30. The second-order valence-corrected chi connectivity index (χ2v) is 3.64. The predicted molar refractivity (Wildman–Crippen MR) is 66.3 cm³/mol. The number of rotatable bonds is 2. The fourth-order valence-electron chi connectivity index (χ4n) is 0.603. The van der Waals surface area contributed by atoms with E-state index in [2.05, 4.69) is 20.6 Å². The molecular formula is C9H16N4OS. The molecule has 15 heavy (non-hydrogen) atoms. The molecule has 0 aromatic rings. The molecule has 5 nitrogen and oxygen atoms in total. The number of nitrogens with zero attached hydrogens (tertiary/aromatic N) is 2. The van der Waals surface area contributed by atoms with Crippen LogP contribution >= 0.6 is 11.8 Å². The van der Waals surface area contributed by atoms with E-state index in [1.807, 2.05) is 6.92 Å². The van der Waals surface area contributed by atoms with Gasteiger partial charge < -0.3 is 10.6 Å². The third kappa shape index (κ3) is 5.90. The summed E-state index contributed by atoms with van der Waals surface area (Å²) in [4.78, 5) is 19.4. The molecule has 0 spiro atoms. The molecule has 2 N–H and O–H groups in total. The summed E-state index contributed by atoms with van der Waals surface area (Å²) in [6, 6.07) is 0. The van der Waals surface area contributed by atoms with E-state index in [0.717, 1.165) is 5.04 Å². The first-order chi connectivity index (χ1) is 7.15. The monoisotopic (exact) mass is 228 g/mol. The van der Waals surface area contributed by atoms with Crippen LogP contribution < -0.4 is 10.6 Å². The molecule has 0 saturated carbocycles. The third-order valence-corrected chi connectivity index (χ3v) is 2.38. The van der Waals surface area contributed by atoms with Crippen molar-refractivity contribution in [1.82, 2.24) is 10.6 Å². The van der Waals surface area contributed by atoms with E-state index in [4.69, 9.17) is 0 Å². The second-order valence-electron chi connectivity index (χ2n) is 2.46. The summed E-state index contributed by atoms with van der Waals surface area (Å²) in [5.74, 6) is -0.219. The van der Waals surface area contributed by atoms with Gasteiger partial charge in [-0.25, -0.2) is 4.99 Å². The van der Waals surface area contributed by atoms with Gasteiger partial charge >= 0.3 is 0 Å². The summed E-state index contributed by atoms with van der Waals surface area (Å²) in [5, 5.41) is 6.46. The first-order valence-electron chi connectivity index (χ1n) is 4.39. The highest BCUT2D eigenvalue weighted by molar-refractivity contribution is 8.28. The Bertz CT molecular complexity index is 296. The molecule has 0 bridgehead atoms. The molecule has 84 valence electrons. The number of aliphatic imine (C=N–C) groups is 2. The van der Waals surface area contributed by atoms with E-state index < -0.39 is 0 Å². The molecule has 0 aliphatic heterocycles. The van der Waals surface area contributed by atoms with Crippen molar-refractivity contribution in [2.45, 2.75) is 6.92 Å². The van der Waals surface area contributed by atoms with Crippen molar-refractivity contribution in [2.24, 2.45) is 9.98 Å². The van der Waals surface area contributed by atoms with Crippen molar-refractivity contribution in [2.75, 3.05) is 21.1 Å². The first-order valence-corrected chi connectivity index (χ1v) is 5.20. The highest BCUT2D eigenvalue weighted by Crippen LogP contribution is 2.07. The Morgan fingerprint density at radius 1 is 1.40 bits per heavy atom. The Balaban J connectivity index is 4.65. The van der Waals surface area contributed by atoms with Crippen LogP contribution in [0.25, 0.3) is 0 Å². The minimum Gasteiger partial charge on any atom is -0.393 e. The molecule has 0 heterocycles. The Labute approximate surface area is 94.1 Å². The summed E-state index contributed by atoms with van der Waals surface area (Å²) in [6.07, 6.45) is 3.17. The van der Waals surface area contributed by atoms with Gasteiger partial charge in [0.15, 0.2) is 5.04 Å². The van der Waals surface area contributed by atoms with Crippen molar-refractivity contribution in [3.8, 4) is 0 Å². The van der Waals surface area contributed by atoms with Crippen molar-refractivity contribution in [3.05, 3.63) is 12.4 Å². The number of thioether (sulfide) groups is 1. The quantitative estimate of drug-likeness (QED) is 0.537. The van der Waals surface area contributed by atoms with Gasteiger partial charge in [-0.05, 0) is 18.7 Å². The van der Waals surface area contributed by atoms with Crippen molar-refractivity contribution in [3.63, 3.8) is 0 Å². The van der Waals surface area contributed by atoms with Gasteiger partial charge in [0.05, 0.1) is 5.04 Å². The lowest BCUT2D eigenvalue weighted by Gasteiger charge is -2.02. The standard InChI is InChI=1S/C9H16N4OS/c1-7(11-3)15-9(8(14)12-4)13-6-5-10-2/h5-6,10H,1-4H3,(H,12,14)/b6-5+,11-7?,13-9?. The second kappa shape index (κ2) is 8.05. The smallest absolute Gasteiger partial charge is 0.276 e. The molecule has 0 unspecified atom stereocenters. The topological polar surface area (TPSA) is 65.8 Å². The number of carbonyl (C=O) groups excluding carboxylic acids is 1. The van der Waals surface area contributed by atoms with Crippen LogP contribution in [0.2, 0.25) is 0 Å². The van der Waals surface area contributed by atoms with E-state index >= 15 is 0 Å². The van der Waals surface area contributed by atoms with Crippen LogP contribution in [0.3, 0.4) is 0 Å². The zero-order valence-electron chi connectivity index (χ0n) is 9.37.